The Morgan fingerprint density at radius 1 is 0.756 bits per heavy atom. The molecule has 6 N–H and O–H groups in total. The van der Waals surface area contributed by atoms with Gasteiger partial charge in [0, 0.05) is 24.6 Å². The first-order valence-electron chi connectivity index (χ1n) is 14.0. The van der Waals surface area contributed by atoms with Gasteiger partial charge in [0.2, 0.25) is 23.8 Å². The number of esters is 1. The van der Waals surface area contributed by atoms with Crippen molar-refractivity contribution in [3.8, 4) is 34.3 Å². The summed E-state index contributed by atoms with van der Waals surface area (Å²) in [6, 6.07) is 8.69. The van der Waals surface area contributed by atoms with Crippen molar-refractivity contribution in [3.05, 3.63) is 46.6 Å². The molecule has 3 heterocycles. The Hall–Kier alpha value is -3.80. The van der Waals surface area contributed by atoms with Gasteiger partial charge in [0.05, 0.1) is 19.3 Å². The van der Waals surface area contributed by atoms with Crippen molar-refractivity contribution in [2.75, 3.05) is 7.11 Å². The summed E-state index contributed by atoms with van der Waals surface area (Å²) in [5, 5.41) is 61.8. The molecular formula is C30H34O15. The van der Waals surface area contributed by atoms with Gasteiger partial charge in [-0.15, -0.1) is 0 Å². The summed E-state index contributed by atoms with van der Waals surface area (Å²) >= 11 is 0. The lowest BCUT2D eigenvalue weighted by molar-refractivity contribution is -0.268. The molecule has 3 aromatic rings. The van der Waals surface area contributed by atoms with Crippen LogP contribution in [0.4, 0.5) is 0 Å². The average molecular weight is 635 g/mol. The van der Waals surface area contributed by atoms with Gasteiger partial charge >= 0.3 is 5.97 Å². The second-order valence-corrected chi connectivity index (χ2v) is 10.8. The van der Waals surface area contributed by atoms with E-state index in [1.54, 1.807) is 24.3 Å². The van der Waals surface area contributed by atoms with Gasteiger partial charge in [-0.2, -0.15) is 0 Å². The molecule has 2 aliphatic rings. The number of fused-ring (bicyclic) bond motifs is 1. The Morgan fingerprint density at radius 2 is 1.31 bits per heavy atom. The lowest BCUT2D eigenvalue weighted by atomic mass is 10.00. The largest absolute Gasteiger partial charge is 0.497 e. The van der Waals surface area contributed by atoms with Crippen LogP contribution in [-0.2, 0) is 14.3 Å². The van der Waals surface area contributed by atoms with Crippen molar-refractivity contribution in [3.63, 3.8) is 0 Å². The van der Waals surface area contributed by atoms with Crippen molar-refractivity contribution in [2.24, 2.45) is 0 Å². The summed E-state index contributed by atoms with van der Waals surface area (Å²) in [5.74, 6) is -1.31. The molecule has 15 heteroatoms. The Bertz CT molecular complexity index is 1590. The SMILES string of the molecule is COc1ccc(-c2oc3cc(OC(C)=O)cc(OC4OC(C)C(O)C(O)C4O)c3c(=O)c2OC2OC(C)C(O)C(O)C2O)cc1. The first-order chi connectivity index (χ1) is 21.3. The quantitative estimate of drug-likeness (QED) is 0.146. The average Bonchev–Trinajstić information content (AvgIpc) is 3.01. The summed E-state index contributed by atoms with van der Waals surface area (Å²) in [6.45, 7) is 4.02. The Labute approximate surface area is 255 Å². The number of aliphatic hydroxyl groups is 6. The summed E-state index contributed by atoms with van der Waals surface area (Å²) in [6.07, 6.45) is -15.0. The highest BCUT2D eigenvalue weighted by molar-refractivity contribution is 5.89. The molecule has 1 aromatic heterocycles. The monoisotopic (exact) mass is 634 g/mol. The number of hydrogen-bond acceptors (Lipinski definition) is 15. The lowest BCUT2D eigenvalue weighted by Crippen LogP contribution is -2.58. The first kappa shape index (κ1) is 32.6. The number of benzene rings is 2. The van der Waals surface area contributed by atoms with E-state index in [2.05, 4.69) is 0 Å². The minimum atomic E-state index is -1.78. The third-order valence-electron chi connectivity index (χ3n) is 7.60. The number of hydrogen-bond donors (Lipinski definition) is 6. The zero-order chi connectivity index (χ0) is 32.7. The second-order valence-electron chi connectivity index (χ2n) is 10.8. The highest BCUT2D eigenvalue weighted by atomic mass is 16.7. The van der Waals surface area contributed by atoms with Crippen LogP contribution in [0.1, 0.15) is 20.8 Å². The van der Waals surface area contributed by atoms with E-state index in [1.807, 2.05) is 0 Å². The van der Waals surface area contributed by atoms with E-state index in [9.17, 15) is 40.2 Å². The van der Waals surface area contributed by atoms with Gasteiger partial charge in [-0.25, -0.2) is 0 Å². The van der Waals surface area contributed by atoms with E-state index in [-0.39, 0.29) is 28.2 Å². The standard InChI is InChI=1S/C30H34O15/c1-11-20(32)23(35)25(37)29(40-11)44-18-10-16(42-13(3)31)9-17-19(18)22(34)28(27(43-17)14-5-7-15(39-4)8-6-14)45-30-26(38)24(36)21(33)12(2)41-30/h5-12,20-21,23-26,29-30,32-33,35-38H,1-4H3. The molecule has 2 saturated heterocycles. The molecule has 2 aromatic carbocycles. The topological polar surface area (TPSA) is 224 Å². The Kier molecular flexibility index (Phi) is 9.34. The smallest absolute Gasteiger partial charge is 0.308 e. The van der Waals surface area contributed by atoms with Crippen molar-refractivity contribution in [2.45, 2.75) is 82.2 Å². The number of methoxy groups -OCH3 is 1. The fourth-order valence-electron chi connectivity index (χ4n) is 5.06. The van der Waals surface area contributed by atoms with E-state index in [0.717, 1.165) is 13.0 Å². The van der Waals surface area contributed by atoms with Gasteiger partial charge in [0.15, 0.2) is 5.76 Å². The van der Waals surface area contributed by atoms with Crippen LogP contribution in [0.5, 0.6) is 23.0 Å². The van der Waals surface area contributed by atoms with Crippen LogP contribution in [0.15, 0.2) is 45.6 Å². The van der Waals surface area contributed by atoms with Crippen LogP contribution in [-0.4, -0.2) is 105 Å². The Balaban J connectivity index is 1.70. The number of carbonyl (C=O) groups is 1. The van der Waals surface area contributed by atoms with Gasteiger partial charge in [0.25, 0.3) is 0 Å². The molecule has 0 aliphatic carbocycles. The number of rotatable bonds is 7. The highest BCUT2D eigenvalue weighted by Gasteiger charge is 2.45. The first-order valence-corrected chi connectivity index (χ1v) is 14.0. The van der Waals surface area contributed by atoms with Crippen molar-refractivity contribution >= 4 is 16.9 Å². The molecule has 244 valence electrons. The summed E-state index contributed by atoms with van der Waals surface area (Å²) in [5.41, 5.74) is -0.740. The van der Waals surface area contributed by atoms with Crippen LogP contribution in [0.2, 0.25) is 0 Å². The van der Waals surface area contributed by atoms with E-state index in [1.165, 1.54) is 27.0 Å². The van der Waals surface area contributed by atoms with Crippen molar-refractivity contribution in [1.82, 2.24) is 0 Å². The predicted molar refractivity (Wildman–Crippen MR) is 152 cm³/mol. The van der Waals surface area contributed by atoms with Crippen LogP contribution in [0.25, 0.3) is 22.3 Å². The predicted octanol–water partition coefficient (Wildman–Crippen LogP) is -0.193. The summed E-state index contributed by atoms with van der Waals surface area (Å²) < 4.78 is 39.4. The van der Waals surface area contributed by atoms with Crippen molar-refractivity contribution in [1.29, 1.82) is 0 Å². The van der Waals surface area contributed by atoms with E-state index < -0.39 is 78.6 Å². The van der Waals surface area contributed by atoms with Crippen molar-refractivity contribution < 1.29 is 68.3 Å². The van der Waals surface area contributed by atoms with Gasteiger partial charge in [-0.3, -0.25) is 9.59 Å². The summed E-state index contributed by atoms with van der Waals surface area (Å²) in [4.78, 5) is 26.1. The second kappa shape index (κ2) is 12.9. The van der Waals surface area contributed by atoms with Crippen LogP contribution < -0.4 is 24.4 Å². The van der Waals surface area contributed by atoms with Gasteiger partial charge < -0.3 is 63.5 Å². The van der Waals surface area contributed by atoms with Gasteiger partial charge in [-0.05, 0) is 38.1 Å². The molecule has 5 rings (SSSR count). The van der Waals surface area contributed by atoms with E-state index in [4.69, 9.17) is 32.8 Å². The molecule has 15 nitrogen and oxygen atoms in total. The molecule has 2 aliphatic heterocycles. The molecule has 0 spiro atoms. The maximum atomic E-state index is 14.3. The molecular weight excluding hydrogens is 600 g/mol. The molecule has 0 radical (unpaired) electrons. The van der Waals surface area contributed by atoms with Crippen LogP contribution >= 0.6 is 0 Å². The molecule has 0 saturated carbocycles. The Morgan fingerprint density at radius 3 is 1.84 bits per heavy atom. The number of aliphatic hydroxyl groups excluding tert-OH is 6. The molecule has 45 heavy (non-hydrogen) atoms. The minimum Gasteiger partial charge on any atom is -0.497 e. The van der Waals surface area contributed by atoms with Crippen LogP contribution in [0, 0.1) is 0 Å². The van der Waals surface area contributed by atoms with Gasteiger partial charge in [0.1, 0.15) is 64.8 Å². The summed E-state index contributed by atoms with van der Waals surface area (Å²) in [7, 11) is 1.47. The fourth-order valence-corrected chi connectivity index (χ4v) is 5.06. The fraction of sp³-hybridized carbons (Fsp3) is 0.467. The third-order valence-corrected chi connectivity index (χ3v) is 7.60. The highest BCUT2D eigenvalue weighted by Crippen LogP contribution is 2.39. The third kappa shape index (κ3) is 6.34. The zero-order valence-corrected chi connectivity index (χ0v) is 24.6. The van der Waals surface area contributed by atoms with Gasteiger partial charge in [-0.1, -0.05) is 0 Å². The molecule has 2 fully saturated rings. The zero-order valence-electron chi connectivity index (χ0n) is 24.6. The molecule has 0 amide bonds. The number of carbonyl (C=O) groups excluding carboxylic acids is 1. The molecule has 0 bridgehead atoms. The maximum Gasteiger partial charge on any atom is 0.308 e. The molecule has 10 atom stereocenters. The maximum absolute atomic E-state index is 14.3. The number of ether oxygens (including phenoxy) is 6. The molecule has 10 unspecified atom stereocenters. The van der Waals surface area contributed by atoms with Crippen LogP contribution in [0.3, 0.4) is 0 Å². The lowest BCUT2D eigenvalue weighted by Gasteiger charge is -2.39. The normalized spacial score (nSPS) is 31.8. The van der Waals surface area contributed by atoms with E-state index in [0.29, 0.717) is 11.3 Å². The van der Waals surface area contributed by atoms with E-state index >= 15 is 0 Å². The minimum absolute atomic E-state index is 0.113.